The quantitative estimate of drug-likeness (QED) is 0.778. The molecule has 1 atom stereocenters. The molecule has 2 rings (SSSR count). The summed E-state index contributed by atoms with van der Waals surface area (Å²) in [5.41, 5.74) is 0. The van der Waals surface area contributed by atoms with E-state index in [0.29, 0.717) is 5.78 Å². The van der Waals surface area contributed by atoms with Crippen LogP contribution in [0.5, 0.6) is 0 Å². The summed E-state index contributed by atoms with van der Waals surface area (Å²) < 4.78 is 0. The summed E-state index contributed by atoms with van der Waals surface area (Å²) in [4.78, 5) is 11.2. The number of carbonyl (C=O) groups excluding carboxylic acids is 1. The normalized spacial score (nSPS) is 30.4. The smallest absolute Gasteiger partial charge is 0.132 e. The molecule has 0 radical (unpaired) electrons. The van der Waals surface area contributed by atoms with Crippen LogP contribution in [0.15, 0.2) is 0 Å². The molecule has 0 amide bonds. The van der Waals surface area contributed by atoms with E-state index in [9.17, 15) is 9.90 Å². The molecule has 2 aliphatic rings. The number of ketones is 1. The third kappa shape index (κ3) is 4.87. The summed E-state index contributed by atoms with van der Waals surface area (Å²) in [5.74, 6) is 3.02. The van der Waals surface area contributed by atoms with E-state index in [-0.39, 0.29) is 6.10 Å². The molecule has 2 heteroatoms. The van der Waals surface area contributed by atoms with Gasteiger partial charge in [0.2, 0.25) is 0 Å². The molecule has 0 unspecified atom stereocenters. The Kier molecular flexibility index (Phi) is 6.54. The number of Topliss-reactive ketones (excluding diaryl/α,β-unsaturated/α-hetero) is 1. The Bertz CT molecular complexity index is 282. The molecular weight excluding hydrogens is 248 g/mol. The van der Waals surface area contributed by atoms with Crippen LogP contribution >= 0.6 is 0 Å². The van der Waals surface area contributed by atoms with E-state index in [1.54, 1.807) is 0 Å². The predicted molar refractivity (Wildman–Crippen MR) is 82.6 cm³/mol. The number of carbonyl (C=O) groups is 1. The van der Waals surface area contributed by atoms with E-state index in [0.717, 1.165) is 56.3 Å². The van der Waals surface area contributed by atoms with Crippen molar-refractivity contribution in [2.75, 3.05) is 0 Å². The highest BCUT2D eigenvalue weighted by Gasteiger charge is 2.26. The molecule has 0 bridgehead atoms. The van der Waals surface area contributed by atoms with E-state index < -0.39 is 0 Å². The van der Waals surface area contributed by atoms with Crippen molar-refractivity contribution in [3.63, 3.8) is 0 Å². The fourth-order valence-electron chi connectivity index (χ4n) is 4.30. The van der Waals surface area contributed by atoms with Gasteiger partial charge in [0.1, 0.15) is 5.78 Å². The number of hydrogen-bond acceptors (Lipinski definition) is 2. The van der Waals surface area contributed by atoms with Gasteiger partial charge in [-0.25, -0.2) is 0 Å². The Morgan fingerprint density at radius 1 is 1.10 bits per heavy atom. The molecule has 0 aliphatic heterocycles. The largest absolute Gasteiger partial charge is 0.393 e. The van der Waals surface area contributed by atoms with Crippen molar-refractivity contribution in [3.8, 4) is 0 Å². The maximum absolute atomic E-state index is 11.2. The van der Waals surface area contributed by atoms with E-state index in [2.05, 4.69) is 6.92 Å². The highest BCUT2D eigenvalue weighted by molar-refractivity contribution is 5.78. The lowest BCUT2D eigenvalue weighted by atomic mass is 9.75. The zero-order chi connectivity index (χ0) is 14.4. The number of hydrogen-bond donors (Lipinski definition) is 1. The molecule has 2 aliphatic carbocycles. The van der Waals surface area contributed by atoms with Crippen molar-refractivity contribution in [1.29, 1.82) is 0 Å². The monoisotopic (exact) mass is 280 g/mol. The lowest BCUT2D eigenvalue weighted by Gasteiger charge is -2.32. The number of rotatable bonds is 6. The van der Waals surface area contributed by atoms with Gasteiger partial charge >= 0.3 is 0 Å². The minimum atomic E-state index is -0.0245. The zero-order valence-electron chi connectivity index (χ0n) is 13.2. The minimum absolute atomic E-state index is 0.0245. The lowest BCUT2D eigenvalue weighted by Crippen LogP contribution is -2.24. The van der Waals surface area contributed by atoms with Crippen LogP contribution in [0, 0.1) is 17.8 Å². The molecule has 20 heavy (non-hydrogen) atoms. The average molecular weight is 280 g/mol. The van der Waals surface area contributed by atoms with Crippen molar-refractivity contribution in [2.24, 2.45) is 17.8 Å². The van der Waals surface area contributed by atoms with Crippen molar-refractivity contribution in [1.82, 2.24) is 0 Å². The van der Waals surface area contributed by atoms with Crippen molar-refractivity contribution in [3.05, 3.63) is 0 Å². The van der Waals surface area contributed by atoms with Crippen LogP contribution in [0.3, 0.4) is 0 Å². The summed E-state index contributed by atoms with van der Waals surface area (Å²) >= 11 is 0. The number of aliphatic hydroxyl groups is 1. The van der Waals surface area contributed by atoms with Gasteiger partial charge in [0, 0.05) is 12.8 Å². The molecule has 2 saturated carbocycles. The summed E-state index contributed by atoms with van der Waals surface area (Å²) in [6.45, 7) is 2.33. The molecule has 0 aromatic carbocycles. The van der Waals surface area contributed by atoms with Crippen molar-refractivity contribution >= 4 is 5.78 Å². The molecular formula is C18H32O2. The highest BCUT2D eigenvalue weighted by atomic mass is 16.3. The van der Waals surface area contributed by atoms with Crippen LogP contribution in [-0.2, 0) is 4.79 Å². The van der Waals surface area contributed by atoms with Crippen LogP contribution in [0.1, 0.15) is 84.0 Å². The minimum Gasteiger partial charge on any atom is -0.393 e. The van der Waals surface area contributed by atoms with Gasteiger partial charge in [0.25, 0.3) is 0 Å². The molecule has 2 fully saturated rings. The average Bonchev–Trinajstić information content (AvgIpc) is 2.47. The van der Waals surface area contributed by atoms with E-state index >= 15 is 0 Å². The first-order valence-corrected chi connectivity index (χ1v) is 8.88. The van der Waals surface area contributed by atoms with Gasteiger partial charge in [0.15, 0.2) is 0 Å². The second-order valence-electron chi connectivity index (χ2n) is 7.15. The molecule has 1 N–H and O–H groups in total. The third-order valence-electron chi connectivity index (χ3n) is 5.78. The predicted octanol–water partition coefficient (Wildman–Crippen LogP) is 4.49. The van der Waals surface area contributed by atoms with Gasteiger partial charge in [-0.3, -0.25) is 4.79 Å². The van der Waals surface area contributed by atoms with E-state index in [4.69, 9.17) is 0 Å². The first-order valence-electron chi connectivity index (χ1n) is 8.88. The van der Waals surface area contributed by atoms with Gasteiger partial charge in [0.05, 0.1) is 6.10 Å². The van der Waals surface area contributed by atoms with Crippen LogP contribution in [0.25, 0.3) is 0 Å². The van der Waals surface area contributed by atoms with Crippen LogP contribution < -0.4 is 0 Å². The van der Waals surface area contributed by atoms with Crippen LogP contribution in [0.2, 0.25) is 0 Å². The Morgan fingerprint density at radius 2 is 1.75 bits per heavy atom. The maximum Gasteiger partial charge on any atom is 0.132 e. The van der Waals surface area contributed by atoms with Crippen molar-refractivity contribution < 1.29 is 9.90 Å². The summed E-state index contributed by atoms with van der Waals surface area (Å²) in [5, 5.41) is 9.62. The molecule has 0 saturated heterocycles. The maximum atomic E-state index is 11.2. The summed E-state index contributed by atoms with van der Waals surface area (Å²) in [7, 11) is 0. The standard InChI is InChI=1S/C18H32O2/c1-2-15(16-8-12-18(20)13-9-16)5-3-4-14-6-10-17(19)11-7-14/h14-16,18,20H,2-13H2,1H3/t15-,16?,18?/m1/s1. The zero-order valence-corrected chi connectivity index (χ0v) is 13.2. The lowest BCUT2D eigenvalue weighted by molar-refractivity contribution is -0.121. The fraction of sp³-hybridized carbons (Fsp3) is 0.944. The van der Waals surface area contributed by atoms with Gasteiger partial charge in [-0.2, -0.15) is 0 Å². The van der Waals surface area contributed by atoms with E-state index in [1.165, 1.54) is 38.5 Å². The Hall–Kier alpha value is -0.370. The molecule has 2 nitrogen and oxygen atoms in total. The first-order chi connectivity index (χ1) is 9.69. The summed E-state index contributed by atoms with van der Waals surface area (Å²) in [6.07, 6.45) is 13.8. The van der Waals surface area contributed by atoms with Gasteiger partial charge in [-0.1, -0.05) is 32.6 Å². The molecule has 0 spiro atoms. The Balaban J connectivity index is 1.64. The second-order valence-corrected chi connectivity index (χ2v) is 7.15. The van der Waals surface area contributed by atoms with Crippen LogP contribution in [0.4, 0.5) is 0 Å². The molecule has 0 heterocycles. The van der Waals surface area contributed by atoms with Crippen LogP contribution in [-0.4, -0.2) is 17.0 Å². The summed E-state index contributed by atoms with van der Waals surface area (Å²) in [6, 6.07) is 0. The van der Waals surface area contributed by atoms with Gasteiger partial charge in [-0.15, -0.1) is 0 Å². The first kappa shape index (κ1) is 16.0. The fourth-order valence-corrected chi connectivity index (χ4v) is 4.30. The third-order valence-corrected chi connectivity index (χ3v) is 5.78. The van der Waals surface area contributed by atoms with Gasteiger partial charge < -0.3 is 5.11 Å². The SMILES string of the molecule is CC[C@H](CCCC1CCC(=O)CC1)C1CCC(O)CC1. The molecule has 0 aromatic heterocycles. The Morgan fingerprint density at radius 3 is 2.35 bits per heavy atom. The van der Waals surface area contributed by atoms with Gasteiger partial charge in [-0.05, 0) is 56.3 Å². The second kappa shape index (κ2) is 8.17. The van der Waals surface area contributed by atoms with E-state index in [1.807, 2.05) is 0 Å². The Labute approximate surface area is 124 Å². The topological polar surface area (TPSA) is 37.3 Å². The number of aliphatic hydroxyl groups excluding tert-OH is 1. The highest BCUT2D eigenvalue weighted by Crippen LogP contribution is 2.35. The molecule has 116 valence electrons. The van der Waals surface area contributed by atoms with Crippen molar-refractivity contribution in [2.45, 2.75) is 90.1 Å². The molecule has 0 aromatic rings.